The summed E-state index contributed by atoms with van der Waals surface area (Å²) in [5.74, 6) is -1.07. The van der Waals surface area contributed by atoms with Crippen LogP contribution in [0, 0.1) is 6.92 Å². The number of phenols is 1. The van der Waals surface area contributed by atoms with Crippen molar-refractivity contribution in [2.45, 2.75) is 13.0 Å². The lowest BCUT2D eigenvalue weighted by Gasteiger charge is -2.25. The molecular formula is C25H21NO5. The highest BCUT2D eigenvalue weighted by Gasteiger charge is 2.47. The molecule has 1 unspecified atom stereocenters. The third kappa shape index (κ3) is 3.53. The van der Waals surface area contributed by atoms with E-state index in [9.17, 15) is 19.8 Å². The van der Waals surface area contributed by atoms with Crippen molar-refractivity contribution in [1.29, 1.82) is 0 Å². The number of aliphatic hydroxyl groups excluding tert-OH is 1. The van der Waals surface area contributed by atoms with Gasteiger partial charge >= 0.3 is 0 Å². The molecule has 0 spiro atoms. The topological polar surface area (TPSA) is 87.1 Å². The van der Waals surface area contributed by atoms with E-state index >= 15 is 0 Å². The number of ether oxygens (including phenoxy) is 1. The minimum Gasteiger partial charge on any atom is -0.508 e. The number of Topliss-reactive ketones (excluding diaryl/α,β-unsaturated/α-hetero) is 1. The molecule has 1 amide bonds. The lowest BCUT2D eigenvalue weighted by molar-refractivity contribution is -0.132. The van der Waals surface area contributed by atoms with Crippen LogP contribution in [0.3, 0.4) is 0 Å². The standard InChI is InChI=1S/C25H21NO5/c1-15-14-19(31-2)12-13-20(15)23(28)21-22(16-8-10-18(27)11-9-16)26(25(30)24(21)29)17-6-4-3-5-7-17/h3-14,22,27-28H,1-2H3/b23-21-. The molecule has 6 nitrogen and oxygen atoms in total. The van der Waals surface area contributed by atoms with Gasteiger partial charge < -0.3 is 14.9 Å². The van der Waals surface area contributed by atoms with Crippen molar-refractivity contribution < 1.29 is 24.5 Å². The summed E-state index contributed by atoms with van der Waals surface area (Å²) in [6, 6.07) is 19.3. The van der Waals surface area contributed by atoms with Crippen molar-refractivity contribution in [2.24, 2.45) is 0 Å². The van der Waals surface area contributed by atoms with Crippen LogP contribution in [0.2, 0.25) is 0 Å². The minimum atomic E-state index is -0.843. The first-order valence-corrected chi connectivity index (χ1v) is 9.72. The number of aromatic hydroxyl groups is 1. The molecule has 4 rings (SSSR count). The van der Waals surface area contributed by atoms with Crippen LogP contribution < -0.4 is 9.64 Å². The van der Waals surface area contributed by atoms with Gasteiger partial charge in [0.05, 0.1) is 18.7 Å². The summed E-state index contributed by atoms with van der Waals surface area (Å²) in [6.07, 6.45) is 0. The number of hydrogen-bond donors (Lipinski definition) is 2. The summed E-state index contributed by atoms with van der Waals surface area (Å²) in [4.78, 5) is 27.5. The molecule has 0 radical (unpaired) electrons. The summed E-state index contributed by atoms with van der Waals surface area (Å²) in [6.45, 7) is 1.79. The number of anilines is 1. The molecule has 1 aliphatic heterocycles. The van der Waals surface area contributed by atoms with Crippen LogP contribution in [0.4, 0.5) is 5.69 Å². The number of benzene rings is 3. The Hall–Kier alpha value is -4.06. The van der Waals surface area contributed by atoms with Crippen LogP contribution >= 0.6 is 0 Å². The van der Waals surface area contributed by atoms with Gasteiger partial charge in [0.2, 0.25) is 0 Å². The number of ketones is 1. The molecule has 1 heterocycles. The fraction of sp³-hybridized carbons (Fsp3) is 0.120. The minimum absolute atomic E-state index is 0.00666. The van der Waals surface area contributed by atoms with Crippen molar-refractivity contribution in [3.8, 4) is 11.5 Å². The maximum atomic E-state index is 13.1. The van der Waals surface area contributed by atoms with Crippen molar-refractivity contribution in [3.05, 3.63) is 95.1 Å². The van der Waals surface area contributed by atoms with Crippen LogP contribution in [-0.4, -0.2) is 29.0 Å². The van der Waals surface area contributed by atoms with Crippen molar-refractivity contribution >= 4 is 23.1 Å². The Bertz CT molecular complexity index is 1180. The Labute approximate surface area is 179 Å². The first-order chi connectivity index (χ1) is 14.9. The predicted molar refractivity (Wildman–Crippen MR) is 117 cm³/mol. The molecular weight excluding hydrogens is 394 g/mol. The number of rotatable bonds is 4. The van der Waals surface area contributed by atoms with Gasteiger partial charge in [-0.15, -0.1) is 0 Å². The highest BCUT2D eigenvalue weighted by atomic mass is 16.5. The molecule has 1 saturated heterocycles. The molecule has 0 saturated carbocycles. The monoisotopic (exact) mass is 415 g/mol. The zero-order valence-electron chi connectivity index (χ0n) is 17.1. The number of aryl methyl sites for hydroxylation is 1. The Morgan fingerprint density at radius 1 is 0.968 bits per heavy atom. The summed E-state index contributed by atoms with van der Waals surface area (Å²) in [5.41, 5.74) is 2.26. The van der Waals surface area contributed by atoms with E-state index in [1.54, 1.807) is 68.6 Å². The first-order valence-electron chi connectivity index (χ1n) is 9.72. The van der Waals surface area contributed by atoms with Gasteiger partial charge in [-0.05, 0) is 60.5 Å². The smallest absolute Gasteiger partial charge is 0.300 e. The van der Waals surface area contributed by atoms with Crippen LogP contribution in [0.1, 0.15) is 22.7 Å². The van der Waals surface area contributed by atoms with E-state index in [1.165, 1.54) is 17.0 Å². The number of aliphatic hydroxyl groups is 1. The van der Waals surface area contributed by atoms with E-state index in [0.29, 0.717) is 28.1 Å². The maximum absolute atomic E-state index is 13.1. The van der Waals surface area contributed by atoms with Crippen molar-refractivity contribution in [1.82, 2.24) is 0 Å². The van der Waals surface area contributed by atoms with E-state index < -0.39 is 17.7 Å². The quantitative estimate of drug-likeness (QED) is 0.376. The van der Waals surface area contributed by atoms with Crippen LogP contribution in [0.5, 0.6) is 11.5 Å². The molecule has 6 heteroatoms. The fourth-order valence-electron chi connectivity index (χ4n) is 3.83. The number of carbonyl (C=O) groups excluding carboxylic acids is 2. The molecule has 0 aromatic heterocycles. The molecule has 1 atom stereocenters. The number of amides is 1. The van der Waals surface area contributed by atoms with Crippen LogP contribution in [0.15, 0.2) is 78.4 Å². The first kappa shape index (κ1) is 20.2. The molecule has 156 valence electrons. The number of carbonyl (C=O) groups is 2. The molecule has 3 aromatic rings. The zero-order chi connectivity index (χ0) is 22.1. The molecule has 0 bridgehead atoms. The number of phenolic OH excluding ortho intramolecular Hbond substituents is 1. The van der Waals surface area contributed by atoms with Gasteiger partial charge in [-0.1, -0.05) is 30.3 Å². The number of nitrogens with zero attached hydrogens (tertiary/aromatic N) is 1. The molecule has 0 aliphatic carbocycles. The Morgan fingerprint density at radius 3 is 2.26 bits per heavy atom. The van der Waals surface area contributed by atoms with Gasteiger partial charge in [-0.25, -0.2) is 0 Å². The average Bonchev–Trinajstić information content (AvgIpc) is 3.05. The Balaban J connectivity index is 1.94. The molecule has 1 fully saturated rings. The van der Waals surface area contributed by atoms with Crippen molar-refractivity contribution in [2.75, 3.05) is 12.0 Å². The van der Waals surface area contributed by atoms with Gasteiger partial charge in [0.1, 0.15) is 17.3 Å². The van der Waals surface area contributed by atoms with E-state index in [-0.39, 0.29) is 17.1 Å². The fourth-order valence-corrected chi connectivity index (χ4v) is 3.83. The Kier molecular flexibility index (Phi) is 5.21. The van der Waals surface area contributed by atoms with Crippen molar-refractivity contribution in [3.63, 3.8) is 0 Å². The lowest BCUT2D eigenvalue weighted by Crippen LogP contribution is -2.29. The lowest BCUT2D eigenvalue weighted by atomic mass is 9.93. The van der Waals surface area contributed by atoms with E-state index in [2.05, 4.69) is 0 Å². The summed E-state index contributed by atoms with van der Waals surface area (Å²) in [7, 11) is 1.55. The van der Waals surface area contributed by atoms with E-state index in [4.69, 9.17) is 4.74 Å². The summed E-state index contributed by atoms with van der Waals surface area (Å²) >= 11 is 0. The zero-order valence-corrected chi connectivity index (χ0v) is 17.1. The van der Waals surface area contributed by atoms with Gasteiger partial charge in [-0.2, -0.15) is 0 Å². The van der Waals surface area contributed by atoms with Crippen LogP contribution in [-0.2, 0) is 9.59 Å². The second-order valence-electron chi connectivity index (χ2n) is 7.28. The number of methoxy groups -OCH3 is 1. The summed E-state index contributed by atoms with van der Waals surface area (Å²) in [5, 5.41) is 20.9. The second-order valence-corrected chi connectivity index (χ2v) is 7.28. The van der Waals surface area contributed by atoms with Gasteiger partial charge in [0, 0.05) is 11.3 Å². The highest BCUT2D eigenvalue weighted by Crippen LogP contribution is 2.42. The SMILES string of the molecule is COc1ccc(/C(O)=C2/C(=O)C(=O)N(c3ccccc3)C2c2ccc(O)cc2)c(C)c1. The number of hydrogen-bond acceptors (Lipinski definition) is 5. The molecule has 1 aliphatic rings. The molecule has 2 N–H and O–H groups in total. The third-order valence-electron chi connectivity index (χ3n) is 5.38. The molecule has 31 heavy (non-hydrogen) atoms. The van der Waals surface area contributed by atoms with Gasteiger partial charge in [0.25, 0.3) is 11.7 Å². The summed E-state index contributed by atoms with van der Waals surface area (Å²) < 4.78 is 5.22. The van der Waals surface area contributed by atoms with E-state index in [1.807, 2.05) is 6.07 Å². The highest BCUT2D eigenvalue weighted by molar-refractivity contribution is 6.51. The largest absolute Gasteiger partial charge is 0.508 e. The average molecular weight is 415 g/mol. The van der Waals surface area contributed by atoms with E-state index in [0.717, 1.165) is 0 Å². The van der Waals surface area contributed by atoms with Gasteiger partial charge in [0.15, 0.2) is 0 Å². The number of para-hydroxylation sites is 1. The Morgan fingerprint density at radius 2 is 1.65 bits per heavy atom. The van der Waals surface area contributed by atoms with Crippen LogP contribution in [0.25, 0.3) is 5.76 Å². The third-order valence-corrected chi connectivity index (χ3v) is 5.38. The van der Waals surface area contributed by atoms with Gasteiger partial charge in [-0.3, -0.25) is 14.5 Å². The normalized spacial score (nSPS) is 17.7. The second kappa shape index (κ2) is 7.99. The maximum Gasteiger partial charge on any atom is 0.300 e. The predicted octanol–water partition coefficient (Wildman–Crippen LogP) is 4.34. The molecule has 3 aromatic carbocycles.